The number of para-hydroxylation sites is 2. The third-order valence-electron chi connectivity index (χ3n) is 3.04. The lowest BCUT2D eigenvalue weighted by atomic mass is 10.2. The van der Waals surface area contributed by atoms with Gasteiger partial charge in [-0.2, -0.15) is 0 Å². The highest BCUT2D eigenvalue weighted by molar-refractivity contribution is 5.95. The van der Waals surface area contributed by atoms with Crippen molar-refractivity contribution in [3.63, 3.8) is 0 Å². The van der Waals surface area contributed by atoms with Gasteiger partial charge in [-0.05, 0) is 24.3 Å². The molecule has 3 rings (SSSR count). The van der Waals surface area contributed by atoms with E-state index >= 15 is 0 Å². The molecule has 0 unspecified atom stereocenters. The smallest absolute Gasteiger partial charge is 0.152 e. The number of fused-ring (bicyclic) bond motifs is 1. The van der Waals surface area contributed by atoms with E-state index in [1.807, 2.05) is 36.4 Å². The Kier molecular flexibility index (Phi) is 5.76. The van der Waals surface area contributed by atoms with E-state index in [0.717, 1.165) is 28.6 Å². The van der Waals surface area contributed by atoms with E-state index in [4.69, 9.17) is 4.74 Å². The fraction of sp³-hybridized carbons (Fsp3) is 0.0667. The van der Waals surface area contributed by atoms with E-state index in [9.17, 15) is 4.79 Å². The summed E-state index contributed by atoms with van der Waals surface area (Å²) in [5, 5.41) is 0. The summed E-state index contributed by atoms with van der Waals surface area (Å²) in [4.78, 5) is 18.7. The molecule has 0 saturated heterocycles. The maximum atomic E-state index is 11.0. The van der Waals surface area contributed by atoms with Crippen LogP contribution in [0.1, 0.15) is 10.4 Å². The van der Waals surface area contributed by atoms with Crippen molar-refractivity contribution in [3.05, 3.63) is 48.0 Å². The Bertz CT molecular complexity index is 756. The number of imidazole rings is 1. The second-order valence-electron chi connectivity index (χ2n) is 4.14. The molecule has 4 nitrogen and oxygen atoms in total. The first-order chi connectivity index (χ1) is 9.33. The number of methoxy groups -OCH3 is 1. The molecule has 0 bridgehead atoms. The van der Waals surface area contributed by atoms with Crippen LogP contribution in [0.3, 0.4) is 0 Å². The number of carbonyl (C=O) groups is 1. The van der Waals surface area contributed by atoms with Crippen LogP contribution in [0.2, 0.25) is 0 Å². The largest absolute Gasteiger partial charge is 0.496 e. The summed E-state index contributed by atoms with van der Waals surface area (Å²) in [6.07, 6.45) is 0.826. The van der Waals surface area contributed by atoms with Crippen molar-refractivity contribution in [2.24, 2.45) is 0 Å². The lowest BCUT2D eigenvalue weighted by Crippen LogP contribution is -1.88. The Balaban J connectivity index is 0.00000110. The van der Waals surface area contributed by atoms with Gasteiger partial charge in [0.15, 0.2) is 6.29 Å². The molecule has 21 heavy (non-hydrogen) atoms. The minimum Gasteiger partial charge on any atom is -0.496 e. The highest BCUT2D eigenvalue weighted by Gasteiger charge is 2.11. The third kappa shape index (κ3) is 3.01. The van der Waals surface area contributed by atoms with Crippen LogP contribution in [-0.4, -0.2) is 23.4 Å². The number of H-pyrrole nitrogens is 1. The van der Waals surface area contributed by atoms with Crippen LogP contribution >= 0.6 is 24.8 Å². The van der Waals surface area contributed by atoms with Crippen LogP contribution in [0.25, 0.3) is 22.4 Å². The number of aromatic amines is 1. The van der Waals surface area contributed by atoms with Crippen LogP contribution in [0.15, 0.2) is 42.5 Å². The van der Waals surface area contributed by atoms with E-state index in [0.29, 0.717) is 11.4 Å². The van der Waals surface area contributed by atoms with Crippen LogP contribution in [0, 0.1) is 0 Å². The third-order valence-corrected chi connectivity index (χ3v) is 3.04. The zero-order chi connectivity index (χ0) is 13.2. The standard InChI is InChI=1S/C15H12N2O2.2ClH/c1-19-13-8-3-2-6-11(13)15-16-12-7-4-5-10(9-18)14(12)17-15;;/h2-9H,1H3,(H,16,17);2*1H. The molecule has 2 aromatic carbocycles. The lowest BCUT2D eigenvalue weighted by molar-refractivity contribution is 0.112. The highest BCUT2D eigenvalue weighted by Crippen LogP contribution is 2.29. The zero-order valence-corrected chi connectivity index (χ0v) is 12.8. The maximum absolute atomic E-state index is 11.0. The maximum Gasteiger partial charge on any atom is 0.152 e. The Morgan fingerprint density at radius 1 is 1.10 bits per heavy atom. The molecule has 1 N–H and O–H groups in total. The first kappa shape index (κ1) is 17.0. The summed E-state index contributed by atoms with van der Waals surface area (Å²) >= 11 is 0. The summed E-state index contributed by atoms with van der Waals surface area (Å²) in [7, 11) is 1.62. The monoisotopic (exact) mass is 324 g/mol. The molecule has 0 amide bonds. The summed E-state index contributed by atoms with van der Waals surface area (Å²) in [5.41, 5.74) is 2.99. The van der Waals surface area contributed by atoms with E-state index in [-0.39, 0.29) is 24.8 Å². The Labute approximate surface area is 134 Å². The molecule has 0 aliphatic heterocycles. The van der Waals surface area contributed by atoms with Crippen LogP contribution in [-0.2, 0) is 0 Å². The van der Waals surface area contributed by atoms with Gasteiger partial charge in [0.1, 0.15) is 11.6 Å². The molecule has 0 fully saturated rings. The van der Waals surface area contributed by atoms with Gasteiger partial charge in [-0.25, -0.2) is 4.98 Å². The number of aldehydes is 1. The number of benzene rings is 2. The molecular weight excluding hydrogens is 311 g/mol. The second kappa shape index (κ2) is 7.11. The summed E-state index contributed by atoms with van der Waals surface area (Å²) in [6.45, 7) is 0. The number of hydrogen-bond acceptors (Lipinski definition) is 3. The minimum atomic E-state index is 0. The Morgan fingerprint density at radius 3 is 2.57 bits per heavy atom. The fourth-order valence-corrected chi connectivity index (χ4v) is 2.12. The molecule has 0 atom stereocenters. The number of nitrogens with zero attached hydrogens (tertiary/aromatic N) is 1. The normalized spacial score (nSPS) is 9.57. The number of nitrogens with one attached hydrogen (secondary N) is 1. The van der Waals surface area contributed by atoms with Gasteiger partial charge in [0, 0.05) is 5.56 Å². The molecule has 6 heteroatoms. The molecular formula is C15H14Cl2N2O2. The van der Waals surface area contributed by atoms with Crippen molar-refractivity contribution in [1.82, 2.24) is 9.97 Å². The van der Waals surface area contributed by atoms with Gasteiger partial charge in [-0.15, -0.1) is 24.8 Å². The van der Waals surface area contributed by atoms with Gasteiger partial charge < -0.3 is 9.72 Å². The van der Waals surface area contributed by atoms with Crippen molar-refractivity contribution in [2.45, 2.75) is 0 Å². The minimum absolute atomic E-state index is 0. The summed E-state index contributed by atoms with van der Waals surface area (Å²) < 4.78 is 5.32. The predicted octanol–water partition coefficient (Wildman–Crippen LogP) is 3.89. The van der Waals surface area contributed by atoms with Crippen molar-refractivity contribution in [2.75, 3.05) is 7.11 Å². The van der Waals surface area contributed by atoms with Gasteiger partial charge in [0.05, 0.1) is 23.7 Å². The molecule has 0 radical (unpaired) electrons. The van der Waals surface area contributed by atoms with Gasteiger partial charge >= 0.3 is 0 Å². The Hall–Kier alpha value is -2.04. The van der Waals surface area contributed by atoms with Crippen LogP contribution in [0.4, 0.5) is 0 Å². The average Bonchev–Trinajstić information content (AvgIpc) is 2.90. The molecule has 1 aromatic heterocycles. The number of carbonyl (C=O) groups excluding carboxylic acids is 1. The SMILES string of the molecule is COc1ccccc1-c1nc2cccc(C=O)c2[nH]1.Cl.Cl. The second-order valence-corrected chi connectivity index (χ2v) is 4.14. The Morgan fingerprint density at radius 2 is 1.86 bits per heavy atom. The van der Waals surface area contributed by atoms with Crippen molar-refractivity contribution < 1.29 is 9.53 Å². The molecule has 1 heterocycles. The number of rotatable bonds is 3. The molecule has 0 spiro atoms. The molecule has 110 valence electrons. The number of halogens is 2. The first-order valence-corrected chi connectivity index (χ1v) is 5.91. The van der Waals surface area contributed by atoms with Crippen molar-refractivity contribution in [1.29, 1.82) is 0 Å². The van der Waals surface area contributed by atoms with Gasteiger partial charge in [-0.1, -0.05) is 18.2 Å². The first-order valence-electron chi connectivity index (χ1n) is 5.91. The van der Waals surface area contributed by atoms with Crippen LogP contribution < -0.4 is 4.74 Å². The zero-order valence-electron chi connectivity index (χ0n) is 11.2. The molecule has 0 saturated carbocycles. The number of ether oxygens (including phenoxy) is 1. The van der Waals surface area contributed by atoms with Gasteiger partial charge in [0.2, 0.25) is 0 Å². The number of hydrogen-bond donors (Lipinski definition) is 1. The summed E-state index contributed by atoms with van der Waals surface area (Å²) in [6, 6.07) is 13.1. The fourth-order valence-electron chi connectivity index (χ4n) is 2.12. The van der Waals surface area contributed by atoms with E-state index in [1.165, 1.54) is 0 Å². The van der Waals surface area contributed by atoms with Crippen molar-refractivity contribution >= 4 is 42.1 Å². The molecule has 0 aliphatic rings. The average molecular weight is 325 g/mol. The molecule has 3 aromatic rings. The van der Waals surface area contributed by atoms with Gasteiger partial charge in [0.25, 0.3) is 0 Å². The highest BCUT2D eigenvalue weighted by atomic mass is 35.5. The lowest BCUT2D eigenvalue weighted by Gasteiger charge is -2.04. The predicted molar refractivity (Wildman–Crippen MR) is 88.0 cm³/mol. The topological polar surface area (TPSA) is 55.0 Å². The van der Waals surface area contributed by atoms with E-state index in [1.54, 1.807) is 13.2 Å². The van der Waals surface area contributed by atoms with E-state index in [2.05, 4.69) is 9.97 Å². The van der Waals surface area contributed by atoms with Crippen molar-refractivity contribution in [3.8, 4) is 17.1 Å². The number of aromatic nitrogens is 2. The van der Waals surface area contributed by atoms with Gasteiger partial charge in [-0.3, -0.25) is 4.79 Å². The molecule has 0 aliphatic carbocycles. The quantitative estimate of drug-likeness (QED) is 0.743. The summed E-state index contributed by atoms with van der Waals surface area (Å²) in [5.74, 6) is 1.44. The van der Waals surface area contributed by atoms with Crippen LogP contribution in [0.5, 0.6) is 5.75 Å². The van der Waals surface area contributed by atoms with E-state index < -0.39 is 0 Å².